The molecule has 0 aliphatic carbocycles. The summed E-state index contributed by atoms with van der Waals surface area (Å²) in [5.41, 5.74) is 7.59. The van der Waals surface area contributed by atoms with Crippen LogP contribution in [-0.4, -0.2) is 28.4 Å². The van der Waals surface area contributed by atoms with Gasteiger partial charge in [-0.2, -0.15) is 0 Å². The van der Waals surface area contributed by atoms with Crippen LogP contribution in [0, 0.1) is 0 Å². The summed E-state index contributed by atoms with van der Waals surface area (Å²) in [5.74, 6) is 0.480. The summed E-state index contributed by atoms with van der Waals surface area (Å²) in [4.78, 5) is 26.7. The molecule has 3 heterocycles. The van der Waals surface area contributed by atoms with Crippen molar-refractivity contribution < 1.29 is 9.53 Å². The van der Waals surface area contributed by atoms with E-state index in [1.54, 1.807) is 6.20 Å². The fourth-order valence-corrected chi connectivity index (χ4v) is 4.21. The van der Waals surface area contributed by atoms with Crippen LogP contribution in [-0.2, 0) is 17.8 Å². The van der Waals surface area contributed by atoms with E-state index in [1.165, 1.54) is 0 Å². The lowest BCUT2D eigenvalue weighted by Gasteiger charge is -2.14. The lowest BCUT2D eigenvalue weighted by Crippen LogP contribution is -2.33. The van der Waals surface area contributed by atoms with Crippen LogP contribution in [0.3, 0.4) is 0 Å². The van der Waals surface area contributed by atoms with Crippen LogP contribution in [0.5, 0.6) is 5.88 Å². The molecule has 1 amide bonds. The van der Waals surface area contributed by atoms with E-state index in [2.05, 4.69) is 27.4 Å². The van der Waals surface area contributed by atoms with Gasteiger partial charge in [0.25, 0.3) is 5.91 Å². The van der Waals surface area contributed by atoms with Crippen LogP contribution in [0.25, 0.3) is 0 Å². The average Bonchev–Trinajstić information content (AvgIpc) is 3.42. The third-order valence-corrected chi connectivity index (χ3v) is 5.86. The number of fused-ring (bicyclic) bond motifs is 2. The number of hydrogen-bond donors (Lipinski definition) is 1. The molecule has 1 atom stereocenters. The number of carbonyl (C=O) groups excluding carboxylic acids is 1. The molecule has 2 aliphatic rings. The molecule has 0 saturated heterocycles. The van der Waals surface area contributed by atoms with Gasteiger partial charge in [-0.3, -0.25) is 9.79 Å². The normalized spacial score (nSPS) is 14.9. The Labute approximate surface area is 193 Å². The number of ether oxygens (including phenoxy) is 1. The summed E-state index contributed by atoms with van der Waals surface area (Å²) in [6, 6.07) is 17.9. The Kier molecular flexibility index (Phi) is 5.50. The Balaban J connectivity index is 1.34. The van der Waals surface area contributed by atoms with E-state index < -0.39 is 0 Å². The lowest BCUT2D eigenvalue weighted by atomic mass is 9.97. The van der Waals surface area contributed by atoms with E-state index in [1.807, 2.05) is 63.2 Å². The van der Waals surface area contributed by atoms with E-state index in [4.69, 9.17) is 9.73 Å². The highest BCUT2D eigenvalue weighted by molar-refractivity contribution is 6.41. The predicted molar refractivity (Wildman–Crippen MR) is 130 cm³/mol. The molecular weight excluding hydrogens is 412 g/mol. The van der Waals surface area contributed by atoms with Gasteiger partial charge in [-0.25, -0.2) is 9.98 Å². The van der Waals surface area contributed by atoms with Crippen molar-refractivity contribution in [1.82, 2.24) is 10.3 Å². The quantitative estimate of drug-likeness (QED) is 0.605. The number of benzene rings is 2. The smallest absolute Gasteiger partial charge is 0.266 e. The van der Waals surface area contributed by atoms with Gasteiger partial charge in [0, 0.05) is 29.8 Å². The number of aliphatic imine (C=N–C) groups is 2. The van der Waals surface area contributed by atoms with Crippen LogP contribution in [0.1, 0.15) is 54.6 Å². The Hall–Kier alpha value is -3.80. The van der Waals surface area contributed by atoms with Gasteiger partial charge in [0.15, 0.2) is 0 Å². The summed E-state index contributed by atoms with van der Waals surface area (Å²) in [6.07, 6.45) is 2.41. The third-order valence-electron chi connectivity index (χ3n) is 5.86. The maximum Gasteiger partial charge on any atom is 0.266 e. The number of hydrogen-bond acceptors (Lipinski definition) is 5. The molecule has 0 fully saturated rings. The lowest BCUT2D eigenvalue weighted by molar-refractivity contribution is -0.115. The molecule has 6 heteroatoms. The molecule has 1 N–H and O–H groups in total. The zero-order valence-corrected chi connectivity index (χ0v) is 19.0. The third kappa shape index (κ3) is 4.29. The molecule has 0 unspecified atom stereocenters. The van der Waals surface area contributed by atoms with Gasteiger partial charge < -0.3 is 10.1 Å². The molecule has 2 aromatic carbocycles. The van der Waals surface area contributed by atoms with Crippen molar-refractivity contribution in [3.05, 3.63) is 88.6 Å². The van der Waals surface area contributed by atoms with Gasteiger partial charge >= 0.3 is 0 Å². The first kappa shape index (κ1) is 21.1. The van der Waals surface area contributed by atoms with E-state index in [-0.39, 0.29) is 18.1 Å². The fourth-order valence-electron chi connectivity index (χ4n) is 4.21. The number of amides is 1. The van der Waals surface area contributed by atoms with Crippen molar-refractivity contribution in [2.24, 2.45) is 9.98 Å². The number of rotatable bonds is 6. The maximum absolute atomic E-state index is 12.9. The number of pyridine rings is 1. The molecule has 6 nitrogen and oxygen atoms in total. The van der Waals surface area contributed by atoms with E-state index >= 15 is 0 Å². The number of aromatic nitrogens is 1. The molecule has 1 aromatic heterocycles. The minimum absolute atomic E-state index is 0.0791. The Morgan fingerprint density at radius 1 is 1.03 bits per heavy atom. The highest BCUT2D eigenvalue weighted by Crippen LogP contribution is 2.34. The SMILES string of the molecule is CC(C)Oc1ccc(C2=NCc3cc4c(cc32)N=C(C(=O)N[C@H](C)c2ccccc2)C4)cn1. The molecule has 0 spiro atoms. The molecule has 0 radical (unpaired) electrons. The second-order valence-electron chi connectivity index (χ2n) is 8.70. The van der Waals surface area contributed by atoms with Gasteiger partial charge in [-0.05, 0) is 49.6 Å². The van der Waals surface area contributed by atoms with Crippen molar-refractivity contribution in [1.29, 1.82) is 0 Å². The number of nitrogens with zero attached hydrogens (tertiary/aromatic N) is 3. The zero-order chi connectivity index (χ0) is 22.9. The molecule has 0 saturated carbocycles. The summed E-state index contributed by atoms with van der Waals surface area (Å²) in [7, 11) is 0. The Morgan fingerprint density at radius 3 is 2.58 bits per heavy atom. The number of carbonyl (C=O) groups is 1. The van der Waals surface area contributed by atoms with Gasteiger partial charge in [-0.1, -0.05) is 36.4 Å². The topological polar surface area (TPSA) is 75.9 Å². The van der Waals surface area contributed by atoms with Crippen LogP contribution in [0.15, 0.2) is 70.8 Å². The van der Waals surface area contributed by atoms with Crippen LogP contribution >= 0.6 is 0 Å². The molecule has 0 bridgehead atoms. The number of nitrogens with one attached hydrogen (secondary N) is 1. The van der Waals surface area contributed by atoms with Crippen molar-refractivity contribution in [3.63, 3.8) is 0 Å². The second-order valence-corrected chi connectivity index (χ2v) is 8.70. The van der Waals surface area contributed by atoms with Crippen LogP contribution in [0.2, 0.25) is 0 Å². The summed E-state index contributed by atoms with van der Waals surface area (Å²) >= 11 is 0. The van der Waals surface area contributed by atoms with Crippen molar-refractivity contribution in [2.45, 2.75) is 45.9 Å². The molecule has 166 valence electrons. The molecule has 5 rings (SSSR count). The summed E-state index contributed by atoms with van der Waals surface area (Å²) in [6.45, 7) is 6.56. The molecule has 2 aliphatic heterocycles. The summed E-state index contributed by atoms with van der Waals surface area (Å²) in [5, 5.41) is 3.07. The highest BCUT2D eigenvalue weighted by Gasteiger charge is 2.26. The van der Waals surface area contributed by atoms with Crippen molar-refractivity contribution in [2.75, 3.05) is 0 Å². The van der Waals surface area contributed by atoms with Gasteiger partial charge in [0.05, 0.1) is 30.1 Å². The Morgan fingerprint density at radius 2 is 1.85 bits per heavy atom. The van der Waals surface area contributed by atoms with Gasteiger partial charge in [0.1, 0.15) is 5.71 Å². The largest absolute Gasteiger partial charge is 0.475 e. The average molecular weight is 439 g/mol. The highest BCUT2D eigenvalue weighted by atomic mass is 16.5. The minimum Gasteiger partial charge on any atom is -0.475 e. The van der Waals surface area contributed by atoms with Crippen molar-refractivity contribution in [3.8, 4) is 5.88 Å². The standard InChI is InChI=1S/C27H26N4O2/c1-16(2)33-25-10-9-19(14-28-25)26-22-13-23-20(11-21(22)15-29-26)12-24(31-23)27(32)30-17(3)18-7-5-4-6-8-18/h4-11,13-14,16-17H,12,15H2,1-3H3,(H,30,32)/t17-/m1/s1. The first-order valence-corrected chi connectivity index (χ1v) is 11.2. The monoisotopic (exact) mass is 438 g/mol. The first-order chi connectivity index (χ1) is 16.0. The summed E-state index contributed by atoms with van der Waals surface area (Å²) < 4.78 is 5.64. The zero-order valence-electron chi connectivity index (χ0n) is 19.0. The van der Waals surface area contributed by atoms with Gasteiger partial charge in [0.2, 0.25) is 5.88 Å². The predicted octanol–water partition coefficient (Wildman–Crippen LogP) is 4.73. The molecular formula is C27H26N4O2. The van der Waals surface area contributed by atoms with E-state index in [0.717, 1.165) is 39.2 Å². The Bertz CT molecular complexity index is 1260. The molecule has 33 heavy (non-hydrogen) atoms. The fraction of sp³-hybridized carbons (Fsp3) is 0.259. The second kappa shape index (κ2) is 8.62. The maximum atomic E-state index is 12.9. The molecule has 3 aromatic rings. The van der Waals surface area contributed by atoms with E-state index in [0.29, 0.717) is 24.6 Å². The van der Waals surface area contributed by atoms with Crippen LogP contribution < -0.4 is 10.1 Å². The first-order valence-electron chi connectivity index (χ1n) is 11.2. The van der Waals surface area contributed by atoms with Gasteiger partial charge in [-0.15, -0.1) is 0 Å². The minimum atomic E-state index is -0.124. The van der Waals surface area contributed by atoms with E-state index in [9.17, 15) is 4.79 Å². The van der Waals surface area contributed by atoms with Crippen LogP contribution in [0.4, 0.5) is 5.69 Å². The van der Waals surface area contributed by atoms with Crippen molar-refractivity contribution >= 4 is 23.0 Å².